The number of anilines is 1. The maximum absolute atomic E-state index is 12.1. The lowest BCUT2D eigenvalue weighted by Crippen LogP contribution is -2.36. The highest BCUT2D eigenvalue weighted by Gasteiger charge is 2.17. The highest BCUT2D eigenvalue weighted by atomic mass is 16.5. The van der Waals surface area contributed by atoms with Gasteiger partial charge in [-0.1, -0.05) is 13.0 Å². The zero-order valence-corrected chi connectivity index (χ0v) is 13.7. The van der Waals surface area contributed by atoms with Crippen LogP contribution >= 0.6 is 0 Å². The van der Waals surface area contributed by atoms with E-state index in [2.05, 4.69) is 5.32 Å². The highest BCUT2D eigenvalue weighted by molar-refractivity contribution is 5.89. The van der Waals surface area contributed by atoms with Gasteiger partial charge in [0.1, 0.15) is 5.75 Å². The summed E-state index contributed by atoms with van der Waals surface area (Å²) in [6.45, 7) is 7.51. The summed E-state index contributed by atoms with van der Waals surface area (Å²) in [6, 6.07) is 5.07. The van der Waals surface area contributed by atoms with Gasteiger partial charge in [0.15, 0.2) is 0 Å². The average Bonchev–Trinajstić information content (AvgIpc) is 2.41. The molecule has 0 saturated carbocycles. The Balaban J connectivity index is 2.73. The van der Waals surface area contributed by atoms with Crippen molar-refractivity contribution in [3.63, 3.8) is 0 Å². The Hall–Kier alpha value is -2.24. The number of carbonyl (C=O) groups is 2. The van der Waals surface area contributed by atoms with Gasteiger partial charge >= 0.3 is 12.0 Å². The molecule has 22 heavy (non-hydrogen) atoms. The Morgan fingerprint density at radius 1 is 1.32 bits per heavy atom. The van der Waals surface area contributed by atoms with Crippen LogP contribution in [-0.2, 0) is 4.79 Å². The predicted octanol–water partition coefficient (Wildman–Crippen LogP) is 2.97. The number of nitrogens with zero attached hydrogens (tertiary/aromatic N) is 1. The van der Waals surface area contributed by atoms with Gasteiger partial charge in [-0.3, -0.25) is 4.79 Å². The van der Waals surface area contributed by atoms with Crippen molar-refractivity contribution >= 4 is 17.7 Å². The number of carboxylic acids is 1. The van der Waals surface area contributed by atoms with E-state index in [1.807, 2.05) is 26.8 Å². The molecule has 2 N–H and O–H groups in total. The third-order valence-corrected chi connectivity index (χ3v) is 3.12. The molecule has 1 aromatic rings. The molecule has 0 heterocycles. The normalized spacial score (nSPS) is 11.9. The number of carbonyl (C=O) groups excluding carboxylic acids is 1. The third kappa shape index (κ3) is 5.27. The number of hydrogen-bond donors (Lipinski definition) is 2. The first-order chi connectivity index (χ1) is 10.2. The van der Waals surface area contributed by atoms with Gasteiger partial charge in [-0.05, 0) is 32.4 Å². The summed E-state index contributed by atoms with van der Waals surface area (Å²) in [7, 11) is 1.56. The third-order valence-electron chi connectivity index (χ3n) is 3.12. The molecule has 0 aliphatic rings. The fourth-order valence-corrected chi connectivity index (χ4v) is 1.85. The fraction of sp³-hybridized carbons (Fsp3) is 0.500. The zero-order chi connectivity index (χ0) is 16.9. The Morgan fingerprint density at radius 3 is 2.50 bits per heavy atom. The maximum atomic E-state index is 12.1. The van der Waals surface area contributed by atoms with Crippen LogP contribution in [-0.4, -0.2) is 41.7 Å². The lowest BCUT2D eigenvalue weighted by Gasteiger charge is -2.20. The molecule has 0 spiro atoms. The van der Waals surface area contributed by atoms with Crippen LogP contribution in [0, 0.1) is 12.8 Å². The van der Waals surface area contributed by atoms with E-state index < -0.39 is 11.9 Å². The van der Waals surface area contributed by atoms with Crippen LogP contribution in [0.2, 0.25) is 0 Å². The topological polar surface area (TPSA) is 78.9 Å². The van der Waals surface area contributed by atoms with Crippen LogP contribution in [0.1, 0.15) is 26.3 Å². The molecule has 0 aliphatic carbocycles. The molecule has 6 heteroatoms. The van der Waals surface area contributed by atoms with E-state index in [9.17, 15) is 9.59 Å². The first kappa shape index (κ1) is 17.8. The molecule has 0 saturated heterocycles. The molecule has 1 unspecified atom stereocenters. The van der Waals surface area contributed by atoms with Crippen molar-refractivity contribution in [1.82, 2.24) is 4.90 Å². The minimum Gasteiger partial charge on any atom is -0.491 e. The van der Waals surface area contributed by atoms with Gasteiger partial charge in [0.05, 0.1) is 12.0 Å². The summed E-state index contributed by atoms with van der Waals surface area (Å²) in [5.74, 6) is -0.828. The zero-order valence-electron chi connectivity index (χ0n) is 13.7. The average molecular weight is 308 g/mol. The van der Waals surface area contributed by atoms with Gasteiger partial charge in [-0.2, -0.15) is 0 Å². The molecule has 0 aromatic heterocycles. The Kier molecular flexibility index (Phi) is 6.22. The number of urea groups is 1. The number of nitrogens with one attached hydrogen (secondary N) is 1. The molecule has 1 atom stereocenters. The van der Waals surface area contributed by atoms with Gasteiger partial charge in [0.25, 0.3) is 0 Å². The minimum absolute atomic E-state index is 0.0451. The lowest BCUT2D eigenvalue weighted by molar-refractivity contribution is -0.141. The second-order valence-corrected chi connectivity index (χ2v) is 5.70. The first-order valence-corrected chi connectivity index (χ1v) is 7.23. The second-order valence-electron chi connectivity index (χ2n) is 5.70. The van der Waals surface area contributed by atoms with Crippen LogP contribution < -0.4 is 10.1 Å². The van der Waals surface area contributed by atoms with E-state index in [-0.39, 0.29) is 18.7 Å². The van der Waals surface area contributed by atoms with Crippen molar-refractivity contribution < 1.29 is 19.4 Å². The summed E-state index contributed by atoms with van der Waals surface area (Å²) in [5.41, 5.74) is 1.60. The Labute approximate surface area is 131 Å². The molecule has 0 bridgehead atoms. The number of aliphatic carboxylic acids is 1. The molecule has 1 rings (SSSR count). The van der Waals surface area contributed by atoms with Gasteiger partial charge in [0, 0.05) is 25.3 Å². The van der Waals surface area contributed by atoms with Gasteiger partial charge < -0.3 is 20.1 Å². The summed E-state index contributed by atoms with van der Waals surface area (Å²) in [5, 5.41) is 11.6. The van der Waals surface area contributed by atoms with Crippen LogP contribution in [0.5, 0.6) is 5.75 Å². The van der Waals surface area contributed by atoms with Crippen molar-refractivity contribution in [3.8, 4) is 5.75 Å². The van der Waals surface area contributed by atoms with E-state index in [1.54, 1.807) is 26.1 Å². The highest BCUT2D eigenvalue weighted by Crippen LogP contribution is 2.24. The van der Waals surface area contributed by atoms with Gasteiger partial charge in [-0.15, -0.1) is 0 Å². The standard InChI is InChI=1S/C16H24N2O4/c1-10(2)22-14-8-13(7-6-11(14)3)17-16(21)18(5)9-12(4)15(19)20/h6-8,10,12H,9H2,1-5H3,(H,17,21)(H,19,20). The fourth-order valence-electron chi connectivity index (χ4n) is 1.85. The van der Waals surface area contributed by atoms with Crippen molar-refractivity contribution in [1.29, 1.82) is 0 Å². The first-order valence-electron chi connectivity index (χ1n) is 7.23. The number of ether oxygens (including phenoxy) is 1. The van der Waals surface area contributed by atoms with Crippen LogP contribution in [0.3, 0.4) is 0 Å². The summed E-state index contributed by atoms with van der Waals surface area (Å²) >= 11 is 0. The van der Waals surface area contributed by atoms with Crippen molar-refractivity contribution in [2.45, 2.75) is 33.8 Å². The number of carboxylic acid groups (broad SMARTS) is 1. The molecular formula is C16H24N2O4. The predicted molar refractivity (Wildman–Crippen MR) is 85.4 cm³/mol. The van der Waals surface area contributed by atoms with Crippen LogP contribution in [0.15, 0.2) is 18.2 Å². The number of hydrogen-bond acceptors (Lipinski definition) is 3. The van der Waals surface area contributed by atoms with E-state index in [0.29, 0.717) is 11.4 Å². The molecule has 6 nitrogen and oxygen atoms in total. The molecule has 0 aliphatic heterocycles. The molecule has 0 fully saturated rings. The van der Waals surface area contributed by atoms with Crippen molar-refractivity contribution in [2.24, 2.45) is 5.92 Å². The summed E-state index contributed by atoms with van der Waals surface area (Å²) < 4.78 is 5.68. The molecular weight excluding hydrogens is 284 g/mol. The summed E-state index contributed by atoms with van der Waals surface area (Å²) in [4.78, 5) is 24.2. The van der Waals surface area contributed by atoms with Crippen LogP contribution in [0.25, 0.3) is 0 Å². The quantitative estimate of drug-likeness (QED) is 0.847. The maximum Gasteiger partial charge on any atom is 0.321 e. The van der Waals surface area contributed by atoms with Crippen LogP contribution in [0.4, 0.5) is 10.5 Å². The smallest absolute Gasteiger partial charge is 0.321 e. The lowest BCUT2D eigenvalue weighted by atomic mass is 10.2. The Bertz CT molecular complexity index is 543. The molecule has 0 radical (unpaired) electrons. The number of rotatable bonds is 6. The molecule has 2 amide bonds. The van der Waals surface area contributed by atoms with Crippen molar-refractivity contribution in [2.75, 3.05) is 18.9 Å². The Morgan fingerprint density at radius 2 is 1.95 bits per heavy atom. The summed E-state index contributed by atoms with van der Waals surface area (Å²) in [6.07, 6.45) is 0.0451. The van der Waals surface area contributed by atoms with Crippen molar-refractivity contribution in [3.05, 3.63) is 23.8 Å². The molecule has 1 aromatic carbocycles. The van der Waals surface area contributed by atoms with E-state index in [0.717, 1.165) is 5.56 Å². The number of aryl methyl sites for hydroxylation is 1. The number of benzene rings is 1. The largest absolute Gasteiger partial charge is 0.491 e. The molecule has 122 valence electrons. The SMILES string of the molecule is Cc1ccc(NC(=O)N(C)CC(C)C(=O)O)cc1OC(C)C. The number of amides is 2. The van der Waals surface area contributed by atoms with Gasteiger partial charge in [-0.25, -0.2) is 4.79 Å². The minimum atomic E-state index is -0.928. The second kappa shape index (κ2) is 7.68. The monoisotopic (exact) mass is 308 g/mol. The van der Waals surface area contributed by atoms with E-state index in [1.165, 1.54) is 4.90 Å². The van der Waals surface area contributed by atoms with E-state index >= 15 is 0 Å². The van der Waals surface area contributed by atoms with E-state index in [4.69, 9.17) is 9.84 Å². The van der Waals surface area contributed by atoms with Gasteiger partial charge in [0.2, 0.25) is 0 Å².